The Morgan fingerprint density at radius 3 is 2.79 bits per heavy atom. The zero-order valence-electron chi connectivity index (χ0n) is 19.2. The van der Waals surface area contributed by atoms with Crippen molar-refractivity contribution in [1.82, 2.24) is 20.4 Å². The second-order valence-corrected chi connectivity index (χ2v) is 9.93. The number of rotatable bonds is 8. The molecule has 4 heterocycles. The van der Waals surface area contributed by atoms with Gasteiger partial charge in [0, 0.05) is 56.9 Å². The minimum Gasteiger partial charge on any atom is -0.477 e. The van der Waals surface area contributed by atoms with Gasteiger partial charge in [-0.25, -0.2) is 4.98 Å². The molecule has 3 aromatic rings. The number of ether oxygens (including phenoxy) is 1. The minimum absolute atomic E-state index is 0.558. The highest BCUT2D eigenvalue weighted by molar-refractivity contribution is 5.88. The summed E-state index contributed by atoms with van der Waals surface area (Å²) < 4.78 is 11.6. The van der Waals surface area contributed by atoms with Crippen molar-refractivity contribution in [2.24, 2.45) is 11.8 Å². The lowest BCUT2D eigenvalue weighted by Gasteiger charge is -2.46. The first-order valence-electron chi connectivity index (χ1n) is 12.4. The maximum atomic E-state index is 6.07. The van der Waals surface area contributed by atoms with Crippen molar-refractivity contribution in [2.75, 3.05) is 44.2 Å². The normalized spacial score (nSPS) is 23.6. The third-order valence-corrected chi connectivity index (χ3v) is 7.39. The van der Waals surface area contributed by atoms with Gasteiger partial charge in [-0.15, -0.1) is 0 Å². The standard InChI is InChI=1S/C26H33N5O2/c1-2-4-24-23(3-1)26(29-33-24)31-12-11-30-16-21(7-9-22(30)17-31)18-32-25-10-8-20(15-28-25)14-27-13-19-5-6-19/h1-4,8,10,15,19,21-22,27H,5-7,9,11-14,16-18H2/t21-,22+/m1/s1. The van der Waals surface area contributed by atoms with E-state index in [1.54, 1.807) is 0 Å². The average molecular weight is 448 g/mol. The van der Waals surface area contributed by atoms with Crippen LogP contribution in [0.25, 0.3) is 11.0 Å². The summed E-state index contributed by atoms with van der Waals surface area (Å²) >= 11 is 0. The van der Waals surface area contributed by atoms with E-state index in [1.807, 2.05) is 24.4 Å². The molecule has 2 atom stereocenters. The van der Waals surface area contributed by atoms with Crippen molar-refractivity contribution in [3.63, 3.8) is 0 Å². The molecule has 1 N–H and O–H groups in total. The van der Waals surface area contributed by atoms with E-state index in [9.17, 15) is 0 Å². The maximum Gasteiger partial charge on any atom is 0.213 e. The molecule has 1 aliphatic carbocycles. The molecule has 1 aromatic carbocycles. The molecule has 3 aliphatic rings. The van der Waals surface area contributed by atoms with Crippen LogP contribution in [0.1, 0.15) is 31.2 Å². The van der Waals surface area contributed by atoms with E-state index in [2.05, 4.69) is 43.5 Å². The fourth-order valence-corrected chi connectivity index (χ4v) is 5.23. The van der Waals surface area contributed by atoms with E-state index in [0.717, 1.165) is 74.5 Å². The average Bonchev–Trinajstić information content (AvgIpc) is 3.59. The van der Waals surface area contributed by atoms with Gasteiger partial charge in [0.05, 0.1) is 12.0 Å². The molecule has 0 amide bonds. The van der Waals surface area contributed by atoms with Crippen LogP contribution in [0.2, 0.25) is 0 Å². The summed E-state index contributed by atoms with van der Waals surface area (Å²) in [6, 6.07) is 12.9. The monoisotopic (exact) mass is 447 g/mol. The van der Waals surface area contributed by atoms with Gasteiger partial charge in [-0.2, -0.15) is 0 Å². The Morgan fingerprint density at radius 1 is 1.00 bits per heavy atom. The minimum atomic E-state index is 0.558. The molecule has 6 rings (SSSR count). The summed E-state index contributed by atoms with van der Waals surface area (Å²) in [5, 5.41) is 9.00. The van der Waals surface area contributed by atoms with Crippen molar-refractivity contribution >= 4 is 16.8 Å². The molecule has 0 spiro atoms. The summed E-state index contributed by atoms with van der Waals surface area (Å²) in [5.41, 5.74) is 2.09. The number of pyridine rings is 1. The zero-order chi connectivity index (χ0) is 22.0. The van der Waals surface area contributed by atoms with E-state index in [0.29, 0.717) is 12.0 Å². The number of piperazine rings is 1. The van der Waals surface area contributed by atoms with Gasteiger partial charge in [-0.05, 0) is 55.8 Å². The molecule has 1 saturated carbocycles. The van der Waals surface area contributed by atoms with Crippen LogP contribution in [-0.2, 0) is 6.54 Å². The van der Waals surface area contributed by atoms with Gasteiger partial charge < -0.3 is 19.5 Å². The van der Waals surface area contributed by atoms with Crippen molar-refractivity contribution in [2.45, 2.75) is 38.3 Å². The van der Waals surface area contributed by atoms with Crippen LogP contribution in [0.4, 0.5) is 5.82 Å². The lowest BCUT2D eigenvalue weighted by Crippen LogP contribution is -2.57. The smallest absolute Gasteiger partial charge is 0.213 e. The van der Waals surface area contributed by atoms with Crippen LogP contribution < -0.4 is 15.0 Å². The van der Waals surface area contributed by atoms with Gasteiger partial charge in [-0.3, -0.25) is 4.90 Å². The van der Waals surface area contributed by atoms with Crippen LogP contribution >= 0.6 is 0 Å². The molecule has 7 heteroatoms. The number of benzene rings is 1. The van der Waals surface area contributed by atoms with E-state index < -0.39 is 0 Å². The molecule has 33 heavy (non-hydrogen) atoms. The van der Waals surface area contributed by atoms with Crippen molar-refractivity contribution in [1.29, 1.82) is 0 Å². The molecule has 0 radical (unpaired) electrons. The first-order chi connectivity index (χ1) is 16.3. The second kappa shape index (κ2) is 9.31. The lowest BCUT2D eigenvalue weighted by atomic mass is 9.91. The van der Waals surface area contributed by atoms with E-state index in [1.165, 1.54) is 31.2 Å². The molecule has 0 unspecified atom stereocenters. The lowest BCUT2D eigenvalue weighted by molar-refractivity contribution is 0.0717. The van der Waals surface area contributed by atoms with Gasteiger partial charge in [0.2, 0.25) is 5.88 Å². The van der Waals surface area contributed by atoms with Gasteiger partial charge in [0.1, 0.15) is 0 Å². The van der Waals surface area contributed by atoms with Gasteiger partial charge >= 0.3 is 0 Å². The summed E-state index contributed by atoms with van der Waals surface area (Å²) in [4.78, 5) is 9.56. The van der Waals surface area contributed by atoms with Crippen LogP contribution in [0.15, 0.2) is 47.1 Å². The molecular formula is C26H33N5O2. The fourth-order valence-electron chi connectivity index (χ4n) is 5.23. The number of aromatic nitrogens is 2. The Bertz CT molecular complexity index is 1060. The Balaban J connectivity index is 0.978. The summed E-state index contributed by atoms with van der Waals surface area (Å²) in [6.45, 7) is 6.92. The second-order valence-electron chi connectivity index (χ2n) is 9.93. The van der Waals surface area contributed by atoms with Crippen LogP contribution in [0.3, 0.4) is 0 Å². The van der Waals surface area contributed by atoms with Crippen molar-refractivity contribution < 1.29 is 9.26 Å². The molecule has 7 nitrogen and oxygen atoms in total. The quantitative estimate of drug-likeness (QED) is 0.565. The Morgan fingerprint density at radius 2 is 1.91 bits per heavy atom. The number of nitrogens with zero attached hydrogens (tertiary/aromatic N) is 4. The number of fused-ring (bicyclic) bond motifs is 2. The van der Waals surface area contributed by atoms with Gasteiger partial charge in [0.15, 0.2) is 11.4 Å². The molecule has 2 saturated heterocycles. The predicted molar refractivity (Wildman–Crippen MR) is 128 cm³/mol. The summed E-state index contributed by atoms with van der Waals surface area (Å²) in [6.07, 6.45) is 7.10. The van der Waals surface area contributed by atoms with Crippen molar-refractivity contribution in [3.8, 4) is 5.88 Å². The first-order valence-corrected chi connectivity index (χ1v) is 12.4. The van der Waals surface area contributed by atoms with E-state index in [-0.39, 0.29) is 0 Å². The summed E-state index contributed by atoms with van der Waals surface area (Å²) in [5.74, 6) is 3.20. The first kappa shape index (κ1) is 20.9. The number of anilines is 1. The Hall–Kier alpha value is -2.64. The number of hydrogen-bond donors (Lipinski definition) is 1. The van der Waals surface area contributed by atoms with E-state index in [4.69, 9.17) is 9.26 Å². The molecule has 2 aromatic heterocycles. The van der Waals surface area contributed by atoms with Crippen LogP contribution in [0, 0.1) is 11.8 Å². The van der Waals surface area contributed by atoms with Crippen LogP contribution in [-0.4, -0.2) is 60.4 Å². The number of piperidine rings is 1. The highest BCUT2D eigenvalue weighted by Crippen LogP contribution is 2.31. The van der Waals surface area contributed by atoms with Crippen LogP contribution in [0.5, 0.6) is 5.88 Å². The van der Waals surface area contributed by atoms with E-state index >= 15 is 0 Å². The highest BCUT2D eigenvalue weighted by Gasteiger charge is 2.34. The molecular weight excluding hydrogens is 414 g/mol. The fraction of sp³-hybridized carbons (Fsp3) is 0.538. The van der Waals surface area contributed by atoms with Gasteiger partial charge in [0.25, 0.3) is 0 Å². The molecule has 174 valence electrons. The Kier molecular flexibility index (Phi) is 5.91. The number of hydrogen-bond acceptors (Lipinski definition) is 7. The third-order valence-electron chi connectivity index (χ3n) is 7.39. The SMILES string of the molecule is c1ccc2c(N3CCN4C[C@H](COc5ccc(CNCC6CC6)cn5)CC[C@H]4C3)noc2c1. The highest BCUT2D eigenvalue weighted by atomic mass is 16.5. The molecule has 0 bridgehead atoms. The topological polar surface area (TPSA) is 66.7 Å². The maximum absolute atomic E-state index is 6.07. The molecule has 2 aliphatic heterocycles. The van der Waals surface area contributed by atoms with Gasteiger partial charge in [-0.1, -0.05) is 23.4 Å². The number of para-hydroxylation sites is 1. The zero-order valence-corrected chi connectivity index (χ0v) is 19.2. The predicted octanol–water partition coefficient (Wildman–Crippen LogP) is 3.70. The van der Waals surface area contributed by atoms with Crippen molar-refractivity contribution in [3.05, 3.63) is 48.2 Å². The number of nitrogens with one attached hydrogen (secondary N) is 1. The largest absolute Gasteiger partial charge is 0.477 e. The molecule has 3 fully saturated rings. The summed E-state index contributed by atoms with van der Waals surface area (Å²) in [7, 11) is 0. The third kappa shape index (κ3) is 4.84. The Labute approximate surface area is 195 Å².